The van der Waals surface area contributed by atoms with Crippen molar-refractivity contribution in [1.29, 1.82) is 0 Å². The summed E-state index contributed by atoms with van der Waals surface area (Å²) in [6.45, 7) is 6.35. The van der Waals surface area contributed by atoms with Crippen molar-refractivity contribution in [3.05, 3.63) is 114 Å². The Kier molecular flexibility index (Phi) is 7.57. The van der Waals surface area contributed by atoms with E-state index in [1.807, 2.05) is 67.6 Å². The zero-order valence-corrected chi connectivity index (χ0v) is 18.0. The van der Waals surface area contributed by atoms with E-state index in [9.17, 15) is 8.42 Å². The number of hydrogen-bond donors (Lipinski definition) is 0. The molecule has 0 amide bonds. The summed E-state index contributed by atoms with van der Waals surface area (Å²) in [6.07, 6.45) is 1.34. The Morgan fingerprint density at radius 1 is 0.900 bits per heavy atom. The average Bonchev–Trinajstić information content (AvgIpc) is 2.77. The first-order chi connectivity index (χ1) is 14.5. The molecular formula is C25H27NO3S. The lowest BCUT2D eigenvalue weighted by Gasteiger charge is -2.29. The molecule has 1 atom stereocenters. The number of ether oxygens (including phenoxy) is 1. The van der Waals surface area contributed by atoms with Crippen molar-refractivity contribution >= 4 is 10.0 Å². The summed E-state index contributed by atoms with van der Waals surface area (Å²) >= 11 is 0. The van der Waals surface area contributed by atoms with E-state index in [-0.39, 0.29) is 11.4 Å². The average molecular weight is 422 g/mol. The van der Waals surface area contributed by atoms with Crippen molar-refractivity contribution in [3.63, 3.8) is 0 Å². The minimum Gasteiger partial charge on any atom is -0.354 e. The number of benzene rings is 3. The lowest BCUT2D eigenvalue weighted by Crippen LogP contribution is -2.42. The monoisotopic (exact) mass is 421 g/mol. The Bertz CT molecular complexity index is 1030. The van der Waals surface area contributed by atoms with E-state index in [1.54, 1.807) is 30.3 Å². The highest BCUT2D eigenvalue weighted by atomic mass is 32.2. The van der Waals surface area contributed by atoms with Crippen molar-refractivity contribution in [1.82, 2.24) is 4.31 Å². The molecular weight excluding hydrogens is 394 g/mol. The third kappa shape index (κ3) is 5.66. The first kappa shape index (κ1) is 22.0. The molecule has 0 aromatic heterocycles. The molecule has 0 saturated carbocycles. The molecule has 4 nitrogen and oxygen atoms in total. The molecule has 0 aliphatic carbocycles. The lowest BCUT2D eigenvalue weighted by molar-refractivity contribution is 0.00337. The molecule has 30 heavy (non-hydrogen) atoms. The molecule has 5 heteroatoms. The van der Waals surface area contributed by atoms with E-state index in [0.29, 0.717) is 13.0 Å². The lowest BCUT2D eigenvalue weighted by atomic mass is 10.1. The Morgan fingerprint density at radius 2 is 1.47 bits per heavy atom. The quantitative estimate of drug-likeness (QED) is 0.343. The third-order valence-electron chi connectivity index (χ3n) is 4.84. The normalized spacial score (nSPS) is 12.6. The zero-order chi connectivity index (χ0) is 21.4. The summed E-state index contributed by atoms with van der Waals surface area (Å²) in [5, 5.41) is 0. The molecule has 1 unspecified atom stereocenters. The number of sulfonamides is 1. The van der Waals surface area contributed by atoms with E-state index in [1.165, 1.54) is 4.31 Å². The van der Waals surface area contributed by atoms with Gasteiger partial charge in [0, 0.05) is 6.54 Å². The summed E-state index contributed by atoms with van der Waals surface area (Å²) < 4.78 is 34.3. The van der Waals surface area contributed by atoms with Crippen LogP contribution in [0.5, 0.6) is 0 Å². The summed E-state index contributed by atoms with van der Waals surface area (Å²) in [4.78, 5) is 0.247. The van der Waals surface area contributed by atoms with Crippen LogP contribution in [0.1, 0.15) is 16.7 Å². The van der Waals surface area contributed by atoms with Crippen LogP contribution in [-0.2, 0) is 27.8 Å². The maximum Gasteiger partial charge on any atom is 0.245 e. The molecule has 3 aromatic rings. The van der Waals surface area contributed by atoms with Gasteiger partial charge in [0.2, 0.25) is 10.0 Å². The fourth-order valence-corrected chi connectivity index (χ4v) is 4.64. The second-order valence-corrected chi connectivity index (χ2v) is 8.98. The smallest absolute Gasteiger partial charge is 0.245 e. The second kappa shape index (κ2) is 10.3. The van der Waals surface area contributed by atoms with Gasteiger partial charge in [-0.25, -0.2) is 8.42 Å². The Labute approximate surface area is 179 Å². The topological polar surface area (TPSA) is 46.6 Å². The van der Waals surface area contributed by atoms with Gasteiger partial charge in [-0.2, -0.15) is 4.31 Å². The van der Waals surface area contributed by atoms with Crippen LogP contribution in [0.3, 0.4) is 0 Å². The molecule has 0 aliphatic heterocycles. The summed E-state index contributed by atoms with van der Waals surface area (Å²) in [7, 11) is -3.77. The van der Waals surface area contributed by atoms with Crippen molar-refractivity contribution < 1.29 is 13.2 Å². The van der Waals surface area contributed by atoms with Crippen molar-refractivity contribution in [2.45, 2.75) is 31.1 Å². The molecule has 0 spiro atoms. The van der Waals surface area contributed by atoms with E-state index < -0.39 is 16.3 Å². The van der Waals surface area contributed by atoms with E-state index in [2.05, 4.69) is 6.58 Å². The van der Waals surface area contributed by atoms with Gasteiger partial charge in [0.25, 0.3) is 0 Å². The van der Waals surface area contributed by atoms with E-state index in [4.69, 9.17) is 4.74 Å². The molecule has 0 heterocycles. The van der Waals surface area contributed by atoms with Crippen molar-refractivity contribution in [2.24, 2.45) is 0 Å². The number of rotatable bonds is 10. The number of hydrogen-bond acceptors (Lipinski definition) is 3. The predicted molar refractivity (Wildman–Crippen MR) is 120 cm³/mol. The SMILES string of the molecule is C=CC(OCc1ccccc1)N(CCc1ccccc1)S(=O)(=O)c1ccc(C)cc1. The minimum absolute atomic E-state index is 0.247. The summed E-state index contributed by atoms with van der Waals surface area (Å²) in [5.74, 6) is 0. The van der Waals surface area contributed by atoms with Crippen LogP contribution in [0, 0.1) is 6.92 Å². The van der Waals surface area contributed by atoms with Gasteiger partial charge in [0.15, 0.2) is 0 Å². The van der Waals surface area contributed by atoms with Gasteiger partial charge >= 0.3 is 0 Å². The fraction of sp³-hybridized carbons (Fsp3) is 0.200. The fourth-order valence-electron chi connectivity index (χ4n) is 3.14. The van der Waals surface area contributed by atoms with Gasteiger partial charge in [0.1, 0.15) is 6.23 Å². The van der Waals surface area contributed by atoms with Gasteiger partial charge in [0.05, 0.1) is 11.5 Å². The number of aryl methyl sites for hydroxylation is 1. The van der Waals surface area contributed by atoms with Crippen LogP contribution in [0.15, 0.2) is 102 Å². The summed E-state index contributed by atoms with van der Waals surface area (Å²) in [5.41, 5.74) is 3.04. The van der Waals surface area contributed by atoms with Crippen molar-refractivity contribution in [3.8, 4) is 0 Å². The highest BCUT2D eigenvalue weighted by molar-refractivity contribution is 7.89. The van der Waals surface area contributed by atoms with Crippen LogP contribution in [-0.4, -0.2) is 25.5 Å². The molecule has 0 N–H and O–H groups in total. The maximum atomic E-state index is 13.5. The van der Waals surface area contributed by atoms with Crippen LogP contribution in [0.25, 0.3) is 0 Å². The maximum absolute atomic E-state index is 13.5. The minimum atomic E-state index is -3.77. The highest BCUT2D eigenvalue weighted by Crippen LogP contribution is 2.22. The summed E-state index contributed by atoms with van der Waals surface area (Å²) in [6, 6.07) is 26.4. The Morgan fingerprint density at radius 3 is 2.03 bits per heavy atom. The van der Waals surface area contributed by atoms with Gasteiger partial charge in [-0.1, -0.05) is 84.9 Å². The zero-order valence-electron chi connectivity index (χ0n) is 17.1. The van der Waals surface area contributed by atoms with Gasteiger partial charge in [-0.15, -0.1) is 0 Å². The molecule has 0 aliphatic rings. The second-order valence-electron chi connectivity index (χ2n) is 7.09. The van der Waals surface area contributed by atoms with Gasteiger partial charge < -0.3 is 4.74 Å². The molecule has 0 bridgehead atoms. The molecule has 0 saturated heterocycles. The van der Waals surface area contributed by atoms with E-state index >= 15 is 0 Å². The number of nitrogens with zero attached hydrogens (tertiary/aromatic N) is 1. The molecule has 3 rings (SSSR count). The molecule has 0 fully saturated rings. The molecule has 156 valence electrons. The van der Waals surface area contributed by atoms with Crippen LogP contribution >= 0.6 is 0 Å². The van der Waals surface area contributed by atoms with Crippen LogP contribution in [0.2, 0.25) is 0 Å². The first-order valence-electron chi connectivity index (χ1n) is 9.91. The Balaban J connectivity index is 1.86. The van der Waals surface area contributed by atoms with Gasteiger partial charge in [-0.05, 0) is 42.7 Å². The first-order valence-corrected chi connectivity index (χ1v) is 11.4. The van der Waals surface area contributed by atoms with Crippen molar-refractivity contribution in [2.75, 3.05) is 6.54 Å². The molecule has 3 aromatic carbocycles. The molecule has 0 radical (unpaired) electrons. The van der Waals surface area contributed by atoms with Gasteiger partial charge in [-0.3, -0.25) is 0 Å². The van der Waals surface area contributed by atoms with E-state index in [0.717, 1.165) is 16.7 Å². The third-order valence-corrected chi connectivity index (χ3v) is 6.72. The Hall–Kier alpha value is -2.73. The standard InChI is InChI=1S/C25H27NO3S/c1-3-25(29-20-23-12-8-5-9-13-23)26(19-18-22-10-6-4-7-11-22)30(27,28)24-16-14-21(2)15-17-24/h3-17,25H,1,18-20H2,2H3. The largest absolute Gasteiger partial charge is 0.354 e. The van der Waals surface area contributed by atoms with Crippen LogP contribution in [0.4, 0.5) is 0 Å². The predicted octanol–water partition coefficient (Wildman–Crippen LogP) is 4.96. The van der Waals surface area contributed by atoms with Crippen LogP contribution < -0.4 is 0 Å². The highest BCUT2D eigenvalue weighted by Gasteiger charge is 2.30.